The van der Waals surface area contributed by atoms with E-state index in [4.69, 9.17) is 4.74 Å². The first-order valence-electron chi connectivity index (χ1n) is 16.5. The topological polar surface area (TPSA) is 162 Å². The fourth-order valence-corrected chi connectivity index (χ4v) is 5.81. The van der Waals surface area contributed by atoms with Crippen molar-refractivity contribution in [2.45, 2.75) is 12.8 Å². The number of nitrogens with zero attached hydrogens (tertiary/aromatic N) is 6. The molecule has 2 fully saturated rings. The van der Waals surface area contributed by atoms with Crippen molar-refractivity contribution in [1.82, 2.24) is 50.2 Å². The predicted molar refractivity (Wildman–Crippen MR) is 183 cm³/mol. The van der Waals surface area contributed by atoms with Gasteiger partial charge in [-0.1, -0.05) is 0 Å². The van der Waals surface area contributed by atoms with Gasteiger partial charge in [0.25, 0.3) is 0 Å². The first-order chi connectivity index (χ1) is 22.9. The Hall–Kier alpha value is -4.44. The number of ether oxygens (including phenoxy) is 1. The zero-order chi connectivity index (χ0) is 32.6. The van der Waals surface area contributed by atoms with Crippen molar-refractivity contribution in [2.24, 2.45) is 0 Å². The van der Waals surface area contributed by atoms with E-state index >= 15 is 0 Å². The van der Waals surface area contributed by atoms with E-state index in [1.807, 2.05) is 36.4 Å². The summed E-state index contributed by atoms with van der Waals surface area (Å²) < 4.78 is 6.11. The molecule has 0 bridgehead atoms. The van der Waals surface area contributed by atoms with Gasteiger partial charge < -0.3 is 44.9 Å². The lowest BCUT2D eigenvalue weighted by atomic mass is 10.3. The molecule has 2 aromatic carbocycles. The van der Waals surface area contributed by atoms with E-state index in [-0.39, 0.29) is 12.1 Å². The molecule has 0 radical (unpaired) electrons. The number of urea groups is 2. The Bertz CT molecular complexity index is 1520. The zero-order valence-electron chi connectivity index (χ0n) is 27.3. The number of piperazine rings is 2. The van der Waals surface area contributed by atoms with Gasteiger partial charge in [-0.25, -0.2) is 19.6 Å². The average Bonchev–Trinajstić information content (AvgIpc) is 3.65. The fourth-order valence-electron chi connectivity index (χ4n) is 5.81. The molecule has 252 valence electrons. The number of hydrogen-bond donors (Lipinski definition) is 6. The van der Waals surface area contributed by atoms with Gasteiger partial charge in [0.05, 0.1) is 22.1 Å². The van der Waals surface area contributed by atoms with Crippen LogP contribution in [-0.4, -0.2) is 144 Å². The third-order valence-electron chi connectivity index (χ3n) is 8.67. The summed E-state index contributed by atoms with van der Waals surface area (Å²) in [4.78, 5) is 49.6. The largest absolute Gasteiger partial charge is 0.457 e. The van der Waals surface area contributed by atoms with Crippen LogP contribution in [0.4, 0.5) is 21.5 Å². The Morgan fingerprint density at radius 3 is 1.53 bits per heavy atom. The second-order valence-corrected chi connectivity index (χ2v) is 12.4. The van der Waals surface area contributed by atoms with Crippen molar-refractivity contribution in [3.8, 4) is 11.5 Å². The summed E-state index contributed by atoms with van der Waals surface area (Å²) in [5, 5.41) is 11.4. The third kappa shape index (κ3) is 9.32. The lowest BCUT2D eigenvalue weighted by molar-refractivity contribution is 0.153. The number of carbonyl (C=O) groups excluding carboxylic acids is 2. The number of likely N-dealkylation sites (N-methyl/N-ethyl adjacent to an activating group) is 2. The first-order valence-corrected chi connectivity index (χ1v) is 16.5. The van der Waals surface area contributed by atoms with Gasteiger partial charge in [-0.3, -0.25) is 10.6 Å². The quantitative estimate of drug-likeness (QED) is 0.127. The molecule has 2 aliphatic heterocycles. The van der Waals surface area contributed by atoms with E-state index in [0.29, 0.717) is 47.5 Å². The van der Waals surface area contributed by atoms with Crippen LogP contribution in [0.15, 0.2) is 36.4 Å². The molecule has 2 aromatic heterocycles. The number of aromatic amines is 2. The van der Waals surface area contributed by atoms with Crippen LogP contribution in [0.2, 0.25) is 0 Å². The zero-order valence-corrected chi connectivity index (χ0v) is 27.3. The van der Waals surface area contributed by atoms with Crippen LogP contribution in [0, 0.1) is 0 Å². The number of aromatic nitrogens is 4. The van der Waals surface area contributed by atoms with E-state index in [0.717, 1.165) is 89.3 Å². The monoisotopic (exact) mass is 646 g/mol. The van der Waals surface area contributed by atoms with Crippen LogP contribution in [-0.2, 0) is 0 Å². The van der Waals surface area contributed by atoms with Gasteiger partial charge in [0.2, 0.25) is 11.9 Å². The fraction of sp³-hybridized carbons (Fsp3) is 0.500. The van der Waals surface area contributed by atoms with Crippen molar-refractivity contribution in [1.29, 1.82) is 0 Å². The van der Waals surface area contributed by atoms with Crippen molar-refractivity contribution < 1.29 is 14.3 Å². The molecular weight excluding hydrogens is 600 g/mol. The highest BCUT2D eigenvalue weighted by atomic mass is 16.5. The van der Waals surface area contributed by atoms with E-state index in [9.17, 15) is 9.59 Å². The minimum atomic E-state index is -0.292. The molecule has 4 amide bonds. The highest BCUT2D eigenvalue weighted by Crippen LogP contribution is 2.28. The molecule has 4 heterocycles. The molecule has 15 nitrogen and oxygen atoms in total. The van der Waals surface area contributed by atoms with Crippen molar-refractivity contribution in [2.75, 3.05) is 103 Å². The van der Waals surface area contributed by atoms with E-state index in [1.54, 1.807) is 0 Å². The van der Waals surface area contributed by atoms with Gasteiger partial charge in [0, 0.05) is 77.6 Å². The molecule has 0 saturated carbocycles. The van der Waals surface area contributed by atoms with Crippen LogP contribution in [0.3, 0.4) is 0 Å². The number of carbonyl (C=O) groups is 2. The smallest absolute Gasteiger partial charge is 0.321 e. The summed E-state index contributed by atoms with van der Waals surface area (Å²) in [6, 6.07) is 10.4. The summed E-state index contributed by atoms with van der Waals surface area (Å²) in [5.74, 6) is 1.95. The lowest BCUT2D eigenvalue weighted by Gasteiger charge is -2.32. The molecule has 0 aliphatic carbocycles. The summed E-state index contributed by atoms with van der Waals surface area (Å²) >= 11 is 0. The molecule has 6 rings (SSSR count). The molecule has 6 N–H and O–H groups in total. The molecule has 0 atom stereocenters. The van der Waals surface area contributed by atoms with Gasteiger partial charge in [0.15, 0.2) is 0 Å². The summed E-state index contributed by atoms with van der Waals surface area (Å²) in [6.45, 7) is 11.8. The minimum absolute atomic E-state index is 0.292. The number of anilines is 2. The maximum atomic E-state index is 12.4. The van der Waals surface area contributed by atoms with Crippen molar-refractivity contribution in [3.63, 3.8) is 0 Å². The van der Waals surface area contributed by atoms with Crippen LogP contribution in [0.1, 0.15) is 12.8 Å². The normalized spacial score (nSPS) is 16.8. The average molecular weight is 647 g/mol. The lowest BCUT2D eigenvalue weighted by Crippen LogP contribution is -2.45. The molecule has 2 aliphatic rings. The Morgan fingerprint density at radius 1 is 0.681 bits per heavy atom. The van der Waals surface area contributed by atoms with Crippen LogP contribution < -0.4 is 26.0 Å². The SMILES string of the molecule is CN1CCN(CCCNC(=O)Nc2nc3ccc(Oc4ccc5nc(NC(=O)NCCCN6CCN(C)CC6)[nH]c5c4)cc3[nH]2)CC1. The molecule has 15 heteroatoms. The standard InChI is InChI=1S/C32H46N12O3/c1-41-13-17-43(18-14-41)11-3-9-33-31(45)39-29-35-25-7-5-23(21-27(25)37-29)47-24-6-8-26-28(22-24)38-30(36-26)40-32(46)34-10-4-12-44-19-15-42(2)16-20-44/h5-8,21-22H,3-4,9-20H2,1-2H3,(H3,33,35,37,39,45)(H3,34,36,38,40,46). The molecule has 4 aromatic rings. The summed E-state index contributed by atoms with van der Waals surface area (Å²) in [5.41, 5.74) is 2.88. The Kier molecular flexibility index (Phi) is 10.7. The number of hydrogen-bond acceptors (Lipinski definition) is 9. The van der Waals surface area contributed by atoms with E-state index < -0.39 is 0 Å². The Balaban J connectivity index is 0.946. The van der Waals surface area contributed by atoms with E-state index in [1.165, 1.54) is 0 Å². The number of benzene rings is 2. The van der Waals surface area contributed by atoms with Gasteiger partial charge in [-0.2, -0.15) is 0 Å². The van der Waals surface area contributed by atoms with Gasteiger partial charge >= 0.3 is 12.1 Å². The minimum Gasteiger partial charge on any atom is -0.457 e. The van der Waals surface area contributed by atoms with Gasteiger partial charge in [-0.05, 0) is 64.3 Å². The number of imidazole rings is 2. The highest BCUT2D eigenvalue weighted by molar-refractivity contribution is 5.91. The second kappa shape index (κ2) is 15.4. The molecular formula is C32H46N12O3. The first kappa shape index (κ1) is 32.5. The Morgan fingerprint density at radius 2 is 1.11 bits per heavy atom. The van der Waals surface area contributed by atoms with E-state index in [2.05, 4.69) is 74.9 Å². The van der Waals surface area contributed by atoms with Crippen molar-refractivity contribution >= 4 is 46.0 Å². The number of nitrogens with one attached hydrogen (secondary N) is 6. The van der Waals surface area contributed by atoms with Crippen molar-refractivity contribution in [3.05, 3.63) is 36.4 Å². The molecule has 0 spiro atoms. The number of rotatable bonds is 12. The maximum absolute atomic E-state index is 12.4. The third-order valence-corrected chi connectivity index (χ3v) is 8.67. The van der Waals surface area contributed by atoms with Gasteiger partial charge in [-0.15, -0.1) is 0 Å². The number of fused-ring (bicyclic) bond motifs is 2. The summed E-state index contributed by atoms with van der Waals surface area (Å²) in [7, 11) is 4.29. The molecule has 0 unspecified atom stereocenters. The number of amides is 4. The van der Waals surface area contributed by atoms with Crippen LogP contribution in [0.5, 0.6) is 11.5 Å². The maximum Gasteiger partial charge on any atom is 0.321 e. The Labute approximate surface area is 274 Å². The predicted octanol–water partition coefficient (Wildman–Crippen LogP) is 2.75. The van der Waals surface area contributed by atoms with Crippen LogP contribution >= 0.6 is 0 Å². The number of H-pyrrole nitrogens is 2. The molecule has 2 saturated heterocycles. The second-order valence-electron chi connectivity index (χ2n) is 12.4. The van der Waals surface area contributed by atoms with Gasteiger partial charge in [0.1, 0.15) is 11.5 Å². The van der Waals surface area contributed by atoms with Crippen LogP contribution in [0.25, 0.3) is 22.1 Å². The molecule has 47 heavy (non-hydrogen) atoms. The highest BCUT2D eigenvalue weighted by Gasteiger charge is 2.15. The summed E-state index contributed by atoms with van der Waals surface area (Å²) in [6.07, 6.45) is 1.79.